The molecule has 1 amide bonds. The minimum Gasteiger partial charge on any atom is -0.743 e. The predicted molar refractivity (Wildman–Crippen MR) is 88.1 cm³/mol. The summed E-state index contributed by atoms with van der Waals surface area (Å²) in [5.74, 6) is -15.9. The Balaban J connectivity index is 5.98. The van der Waals surface area contributed by atoms with E-state index in [-0.39, 0.29) is 0 Å². The van der Waals surface area contributed by atoms with E-state index in [4.69, 9.17) is 0 Å². The predicted octanol–water partition coefficient (Wildman–Crippen LogP) is 2.78. The van der Waals surface area contributed by atoms with Crippen LogP contribution in [-0.2, 0) is 29.2 Å². The third kappa shape index (κ3) is 7.05. The number of carbonyl (C=O) groups excluding carboxylic acids is 2. The van der Waals surface area contributed by atoms with Crippen LogP contribution in [0.4, 0.5) is 43.9 Å². The summed E-state index contributed by atoms with van der Waals surface area (Å²) >= 11 is 0. The molecular formula is C15H14F10NO7S-. The molecular weight excluding hydrogens is 528 g/mol. The van der Waals surface area contributed by atoms with Gasteiger partial charge in [0, 0.05) is 13.0 Å². The molecule has 0 aliphatic heterocycles. The fourth-order valence-corrected chi connectivity index (χ4v) is 2.31. The first-order chi connectivity index (χ1) is 15.0. The van der Waals surface area contributed by atoms with Crippen LogP contribution >= 0.6 is 0 Å². The normalized spacial score (nSPS) is 15.3. The highest BCUT2D eigenvalue weighted by Gasteiger charge is 2.67. The number of carbonyl (C=O) groups is 2. The molecule has 1 N–H and O–H groups in total. The molecule has 0 heterocycles. The van der Waals surface area contributed by atoms with Gasteiger partial charge in [-0.05, 0) is 6.42 Å². The van der Waals surface area contributed by atoms with Crippen LogP contribution in [0.25, 0.3) is 0 Å². The first-order valence-corrected chi connectivity index (χ1v) is 9.69. The summed E-state index contributed by atoms with van der Waals surface area (Å²) in [7, 11) is -6.93. The van der Waals surface area contributed by atoms with E-state index >= 15 is 0 Å². The molecule has 0 aromatic carbocycles. The SMILES string of the molecule is C=CCNC(=O)C(OCCCC(F)(F)C(F)(F)S(=O)(=O)[O-])(OC(=O)C(=C)C(F)(F)F)C(F)(F)F. The number of hydrogen-bond acceptors (Lipinski definition) is 7. The van der Waals surface area contributed by atoms with E-state index in [2.05, 4.69) is 22.6 Å². The standard InChI is InChI=1S/C15H15F10NO7S/c1-3-6-26-10(28)12(14(21,22)23,33-9(27)8(2)13(18,19)20)32-7-4-5-11(16,17)15(24,25)34(29,30)31/h3H,1-2,4-7H2,(H,26,28)(H,29,30,31)/p-1. The highest BCUT2D eigenvalue weighted by atomic mass is 32.2. The van der Waals surface area contributed by atoms with Gasteiger partial charge in [-0.1, -0.05) is 12.7 Å². The van der Waals surface area contributed by atoms with Gasteiger partial charge in [-0.2, -0.15) is 43.9 Å². The Morgan fingerprint density at radius 3 is 1.88 bits per heavy atom. The average Bonchev–Trinajstić information content (AvgIpc) is 2.64. The molecule has 8 nitrogen and oxygen atoms in total. The molecule has 0 aromatic rings. The van der Waals surface area contributed by atoms with Crippen molar-refractivity contribution in [1.29, 1.82) is 0 Å². The van der Waals surface area contributed by atoms with Crippen molar-refractivity contribution in [2.24, 2.45) is 0 Å². The number of rotatable bonds is 12. The van der Waals surface area contributed by atoms with Crippen molar-refractivity contribution < 1.29 is 75.9 Å². The maximum atomic E-state index is 13.6. The topological polar surface area (TPSA) is 122 Å². The first kappa shape index (κ1) is 31.6. The Labute approximate surface area is 184 Å². The summed E-state index contributed by atoms with van der Waals surface area (Å²) in [6.07, 6.45) is -15.0. The number of hydrogen-bond donors (Lipinski definition) is 1. The molecule has 0 bridgehead atoms. The van der Waals surface area contributed by atoms with Gasteiger partial charge in [0.1, 0.15) is 5.57 Å². The van der Waals surface area contributed by atoms with E-state index in [0.29, 0.717) is 0 Å². The molecule has 19 heteroatoms. The van der Waals surface area contributed by atoms with Gasteiger partial charge in [0.05, 0.1) is 6.61 Å². The molecule has 0 aromatic heterocycles. The maximum absolute atomic E-state index is 13.6. The van der Waals surface area contributed by atoms with Crippen molar-refractivity contribution in [2.45, 2.75) is 42.2 Å². The van der Waals surface area contributed by atoms with Crippen LogP contribution in [0, 0.1) is 0 Å². The average molecular weight is 542 g/mol. The van der Waals surface area contributed by atoms with Crippen LogP contribution in [0.2, 0.25) is 0 Å². The monoisotopic (exact) mass is 542 g/mol. The summed E-state index contributed by atoms with van der Waals surface area (Å²) in [6.45, 7) is 2.52. The van der Waals surface area contributed by atoms with Gasteiger partial charge < -0.3 is 19.3 Å². The van der Waals surface area contributed by atoms with E-state index in [0.717, 1.165) is 6.08 Å². The van der Waals surface area contributed by atoms with Crippen LogP contribution in [0.5, 0.6) is 0 Å². The maximum Gasteiger partial charge on any atom is 0.466 e. The van der Waals surface area contributed by atoms with E-state index < -0.39 is 82.9 Å². The van der Waals surface area contributed by atoms with Gasteiger partial charge >= 0.3 is 41.2 Å². The third-order valence-corrected chi connectivity index (χ3v) is 4.51. The molecule has 0 saturated heterocycles. The first-order valence-electron chi connectivity index (χ1n) is 8.28. The zero-order valence-electron chi connectivity index (χ0n) is 16.4. The van der Waals surface area contributed by atoms with Crippen LogP contribution in [0.1, 0.15) is 12.8 Å². The van der Waals surface area contributed by atoms with Crippen LogP contribution < -0.4 is 5.32 Å². The quantitative estimate of drug-likeness (QED) is 0.0766. The van der Waals surface area contributed by atoms with Gasteiger partial charge in [0.15, 0.2) is 10.1 Å². The second-order valence-electron chi connectivity index (χ2n) is 6.11. The molecule has 0 radical (unpaired) electrons. The zero-order chi connectivity index (χ0) is 27.4. The Morgan fingerprint density at radius 2 is 1.50 bits per heavy atom. The molecule has 1 atom stereocenters. The minimum atomic E-state index is -6.93. The molecule has 0 rings (SSSR count). The van der Waals surface area contributed by atoms with Crippen LogP contribution in [0.3, 0.4) is 0 Å². The highest BCUT2D eigenvalue weighted by Crippen LogP contribution is 2.42. The Kier molecular flexibility index (Phi) is 9.72. The Bertz CT molecular complexity index is 898. The lowest BCUT2D eigenvalue weighted by Gasteiger charge is -2.33. The number of halogens is 10. The van der Waals surface area contributed by atoms with Gasteiger partial charge in [-0.3, -0.25) is 4.79 Å². The molecule has 0 aliphatic rings. The van der Waals surface area contributed by atoms with Crippen molar-refractivity contribution in [1.82, 2.24) is 5.32 Å². The zero-order valence-corrected chi connectivity index (χ0v) is 17.2. The molecule has 0 spiro atoms. The molecule has 198 valence electrons. The second-order valence-corrected chi connectivity index (χ2v) is 7.53. The van der Waals surface area contributed by atoms with Gasteiger partial charge in [-0.15, -0.1) is 6.58 Å². The molecule has 1 unspecified atom stereocenters. The van der Waals surface area contributed by atoms with Gasteiger partial charge in [0.2, 0.25) is 0 Å². The lowest BCUT2D eigenvalue weighted by atomic mass is 10.2. The summed E-state index contributed by atoms with van der Waals surface area (Å²) in [6, 6.07) is 0. The van der Waals surface area contributed by atoms with E-state index in [1.807, 2.05) is 0 Å². The summed E-state index contributed by atoms with van der Waals surface area (Å²) < 4.78 is 170. The van der Waals surface area contributed by atoms with Crippen LogP contribution in [0.15, 0.2) is 24.8 Å². The summed E-state index contributed by atoms with van der Waals surface area (Å²) in [5.41, 5.74) is -2.53. The molecule has 34 heavy (non-hydrogen) atoms. The Hall–Kier alpha value is -2.41. The molecule has 0 aliphatic carbocycles. The number of esters is 1. The van der Waals surface area contributed by atoms with Crippen molar-refractivity contribution in [2.75, 3.05) is 13.2 Å². The lowest BCUT2D eigenvalue weighted by molar-refractivity contribution is -0.348. The number of nitrogens with one attached hydrogen (secondary N) is 1. The van der Waals surface area contributed by atoms with Crippen molar-refractivity contribution >= 4 is 22.0 Å². The molecule has 0 saturated carbocycles. The Morgan fingerprint density at radius 1 is 1.00 bits per heavy atom. The van der Waals surface area contributed by atoms with Gasteiger partial charge in [0.25, 0.3) is 0 Å². The third-order valence-electron chi connectivity index (χ3n) is 3.58. The highest BCUT2D eigenvalue weighted by molar-refractivity contribution is 7.86. The number of alkyl halides is 10. The van der Waals surface area contributed by atoms with E-state index in [1.54, 1.807) is 0 Å². The fourth-order valence-electron chi connectivity index (χ4n) is 1.84. The van der Waals surface area contributed by atoms with Crippen molar-refractivity contribution in [3.63, 3.8) is 0 Å². The second kappa shape index (κ2) is 10.5. The summed E-state index contributed by atoms with van der Waals surface area (Å²) in [5, 5.41) is -4.81. The number of amides is 1. The van der Waals surface area contributed by atoms with Crippen molar-refractivity contribution in [3.05, 3.63) is 24.8 Å². The van der Waals surface area contributed by atoms with Gasteiger partial charge in [-0.25, -0.2) is 13.2 Å². The minimum absolute atomic E-state index is 0.765. The summed E-state index contributed by atoms with van der Waals surface area (Å²) in [4.78, 5) is 23.5. The number of ether oxygens (including phenoxy) is 2. The fraction of sp³-hybridized carbons (Fsp3) is 0.600. The van der Waals surface area contributed by atoms with E-state index in [1.165, 1.54) is 5.32 Å². The largest absolute Gasteiger partial charge is 0.743 e. The lowest BCUT2D eigenvalue weighted by Crippen LogP contribution is -2.62. The smallest absolute Gasteiger partial charge is 0.466 e. The van der Waals surface area contributed by atoms with Crippen LogP contribution in [-0.4, -0.2) is 67.3 Å². The van der Waals surface area contributed by atoms with Crippen molar-refractivity contribution in [3.8, 4) is 0 Å². The van der Waals surface area contributed by atoms with E-state index in [9.17, 15) is 66.5 Å². The molecule has 0 fully saturated rings.